The van der Waals surface area contributed by atoms with Gasteiger partial charge in [-0.25, -0.2) is 4.39 Å². The monoisotopic (exact) mass is 253 g/mol. The Morgan fingerprint density at radius 1 is 1.44 bits per heavy atom. The third kappa shape index (κ3) is 4.84. The lowest BCUT2D eigenvalue weighted by molar-refractivity contribution is -0.137. The molecule has 0 bridgehead atoms. The van der Waals surface area contributed by atoms with E-state index < -0.39 is 5.97 Å². The van der Waals surface area contributed by atoms with Crippen LogP contribution in [0, 0.1) is 12.7 Å². The second kappa shape index (κ2) is 6.50. The lowest BCUT2D eigenvalue weighted by Crippen LogP contribution is -2.38. The number of carbonyl (C=O) groups is 1. The van der Waals surface area contributed by atoms with Crippen molar-refractivity contribution in [2.45, 2.75) is 45.7 Å². The van der Waals surface area contributed by atoms with Gasteiger partial charge in [0.25, 0.3) is 0 Å². The fraction of sp³-hybridized carbons (Fsp3) is 0.500. The summed E-state index contributed by atoms with van der Waals surface area (Å²) in [6, 6.07) is 4.99. The van der Waals surface area contributed by atoms with Crippen molar-refractivity contribution in [1.82, 2.24) is 5.32 Å². The molecule has 0 aliphatic heterocycles. The number of hydrogen-bond acceptors (Lipinski definition) is 2. The van der Waals surface area contributed by atoms with Gasteiger partial charge in [0.05, 0.1) is 6.42 Å². The average molecular weight is 253 g/mol. The van der Waals surface area contributed by atoms with Gasteiger partial charge in [0, 0.05) is 12.1 Å². The van der Waals surface area contributed by atoms with Gasteiger partial charge in [-0.3, -0.25) is 4.79 Å². The van der Waals surface area contributed by atoms with Gasteiger partial charge in [-0.05, 0) is 30.5 Å². The molecule has 18 heavy (non-hydrogen) atoms. The van der Waals surface area contributed by atoms with Gasteiger partial charge in [-0.1, -0.05) is 26.0 Å². The lowest BCUT2D eigenvalue weighted by atomic mass is 10.0. The van der Waals surface area contributed by atoms with Gasteiger partial charge in [-0.15, -0.1) is 0 Å². The molecule has 1 rings (SSSR count). The molecule has 0 aliphatic rings. The maximum atomic E-state index is 13.1. The Kier molecular flexibility index (Phi) is 5.28. The number of rotatable bonds is 6. The summed E-state index contributed by atoms with van der Waals surface area (Å²) in [5.74, 6) is -1.06. The van der Waals surface area contributed by atoms with Crippen molar-refractivity contribution in [3.05, 3.63) is 35.1 Å². The van der Waals surface area contributed by atoms with E-state index in [1.54, 1.807) is 19.1 Å². The van der Waals surface area contributed by atoms with Crippen molar-refractivity contribution in [1.29, 1.82) is 0 Å². The van der Waals surface area contributed by atoms with Crippen LogP contribution >= 0.6 is 0 Å². The molecule has 1 unspecified atom stereocenters. The normalized spacial score (nSPS) is 12.7. The number of carboxylic acids is 1. The van der Waals surface area contributed by atoms with Crippen LogP contribution in [-0.4, -0.2) is 23.2 Å². The highest BCUT2D eigenvalue weighted by Gasteiger charge is 2.15. The summed E-state index contributed by atoms with van der Waals surface area (Å²) in [4.78, 5) is 10.8. The van der Waals surface area contributed by atoms with E-state index in [0.29, 0.717) is 12.0 Å². The minimum atomic E-state index is -0.827. The highest BCUT2D eigenvalue weighted by Crippen LogP contribution is 2.12. The van der Waals surface area contributed by atoms with Crippen molar-refractivity contribution >= 4 is 5.97 Å². The minimum Gasteiger partial charge on any atom is -0.481 e. The van der Waals surface area contributed by atoms with E-state index >= 15 is 0 Å². The molecule has 2 N–H and O–H groups in total. The quantitative estimate of drug-likeness (QED) is 0.819. The van der Waals surface area contributed by atoms with Crippen molar-refractivity contribution in [2.24, 2.45) is 0 Å². The molecule has 0 fully saturated rings. The maximum Gasteiger partial charge on any atom is 0.304 e. The predicted octanol–water partition coefficient (Wildman–Crippen LogP) is 2.52. The number of hydrogen-bond donors (Lipinski definition) is 2. The Morgan fingerprint density at radius 2 is 2.11 bits per heavy atom. The van der Waals surface area contributed by atoms with Gasteiger partial charge < -0.3 is 10.4 Å². The summed E-state index contributed by atoms with van der Waals surface area (Å²) in [5, 5.41) is 12.1. The first kappa shape index (κ1) is 14.6. The zero-order valence-electron chi connectivity index (χ0n) is 11.0. The van der Waals surface area contributed by atoms with Crippen LogP contribution in [0.5, 0.6) is 0 Å². The summed E-state index contributed by atoms with van der Waals surface area (Å²) in [5.41, 5.74) is 1.54. The van der Waals surface area contributed by atoms with Gasteiger partial charge in [0.2, 0.25) is 0 Å². The van der Waals surface area contributed by atoms with E-state index in [1.165, 1.54) is 6.07 Å². The van der Waals surface area contributed by atoms with Crippen LogP contribution < -0.4 is 5.32 Å². The van der Waals surface area contributed by atoms with Gasteiger partial charge in [-0.2, -0.15) is 0 Å². The molecule has 0 amide bonds. The Morgan fingerprint density at radius 3 is 2.61 bits per heavy atom. The van der Waals surface area contributed by atoms with Crippen molar-refractivity contribution in [2.75, 3.05) is 0 Å². The second-order valence-corrected chi connectivity index (χ2v) is 4.90. The topological polar surface area (TPSA) is 49.3 Å². The molecule has 0 aliphatic carbocycles. The second-order valence-electron chi connectivity index (χ2n) is 4.90. The minimum absolute atomic E-state index is 0.0641. The van der Waals surface area contributed by atoms with Gasteiger partial charge >= 0.3 is 5.97 Å². The average Bonchev–Trinajstić information content (AvgIpc) is 2.21. The molecule has 0 spiro atoms. The molecule has 100 valence electrons. The molecule has 1 aromatic carbocycles. The fourth-order valence-corrected chi connectivity index (χ4v) is 1.99. The van der Waals surface area contributed by atoms with E-state index in [1.807, 2.05) is 13.8 Å². The van der Waals surface area contributed by atoms with Crippen molar-refractivity contribution in [3.63, 3.8) is 0 Å². The predicted molar refractivity (Wildman–Crippen MR) is 69.2 cm³/mol. The number of nitrogens with one attached hydrogen (secondary N) is 1. The summed E-state index contributed by atoms with van der Waals surface area (Å²) in [7, 11) is 0. The third-order valence-electron chi connectivity index (χ3n) is 2.69. The first-order chi connectivity index (χ1) is 8.38. The molecule has 0 saturated carbocycles. The summed E-state index contributed by atoms with van der Waals surface area (Å²) >= 11 is 0. The van der Waals surface area contributed by atoms with Crippen LogP contribution in [0.3, 0.4) is 0 Å². The Hall–Kier alpha value is -1.42. The van der Waals surface area contributed by atoms with Gasteiger partial charge in [0.15, 0.2) is 0 Å². The van der Waals surface area contributed by atoms with Crippen LogP contribution in [0.15, 0.2) is 18.2 Å². The Labute approximate surface area is 107 Å². The smallest absolute Gasteiger partial charge is 0.304 e. The number of benzene rings is 1. The highest BCUT2D eigenvalue weighted by atomic mass is 19.1. The number of carboxylic acid groups (broad SMARTS) is 1. The summed E-state index contributed by atoms with van der Waals surface area (Å²) in [6.07, 6.45) is 0.653. The van der Waals surface area contributed by atoms with E-state index in [9.17, 15) is 9.18 Å². The van der Waals surface area contributed by atoms with Crippen LogP contribution in [0.25, 0.3) is 0 Å². The highest BCUT2D eigenvalue weighted by molar-refractivity contribution is 5.67. The molecular formula is C14H20FNO2. The van der Waals surface area contributed by atoms with E-state index in [-0.39, 0.29) is 24.3 Å². The molecule has 4 heteroatoms. The molecule has 1 atom stereocenters. The maximum absolute atomic E-state index is 13.1. The molecule has 3 nitrogen and oxygen atoms in total. The van der Waals surface area contributed by atoms with Crippen LogP contribution in [0.4, 0.5) is 4.39 Å². The lowest BCUT2D eigenvalue weighted by Gasteiger charge is -2.20. The van der Waals surface area contributed by atoms with Crippen LogP contribution in [-0.2, 0) is 11.2 Å². The first-order valence-electron chi connectivity index (χ1n) is 6.11. The molecule has 0 saturated heterocycles. The zero-order valence-corrected chi connectivity index (χ0v) is 11.0. The Balaban J connectivity index is 2.74. The molecule has 0 radical (unpaired) electrons. The number of aliphatic carboxylic acids is 1. The number of aryl methyl sites for hydroxylation is 1. The summed E-state index contributed by atoms with van der Waals surface area (Å²) in [6.45, 7) is 5.66. The van der Waals surface area contributed by atoms with E-state index in [0.717, 1.165) is 5.56 Å². The third-order valence-corrected chi connectivity index (χ3v) is 2.69. The van der Waals surface area contributed by atoms with Gasteiger partial charge in [0.1, 0.15) is 5.82 Å². The van der Waals surface area contributed by atoms with E-state index in [4.69, 9.17) is 5.11 Å². The zero-order chi connectivity index (χ0) is 13.7. The number of halogens is 1. The van der Waals surface area contributed by atoms with Crippen molar-refractivity contribution in [3.8, 4) is 0 Å². The molecular weight excluding hydrogens is 233 g/mol. The fourth-order valence-electron chi connectivity index (χ4n) is 1.99. The molecule has 0 heterocycles. The largest absolute Gasteiger partial charge is 0.481 e. The molecule has 0 aromatic heterocycles. The molecule has 1 aromatic rings. The summed E-state index contributed by atoms with van der Waals surface area (Å²) < 4.78 is 13.1. The van der Waals surface area contributed by atoms with Crippen LogP contribution in [0.2, 0.25) is 0 Å². The Bertz CT molecular complexity index is 418. The van der Waals surface area contributed by atoms with E-state index in [2.05, 4.69) is 5.32 Å². The first-order valence-corrected chi connectivity index (χ1v) is 6.11. The van der Waals surface area contributed by atoms with Crippen LogP contribution in [0.1, 0.15) is 31.4 Å². The van der Waals surface area contributed by atoms with Crippen molar-refractivity contribution < 1.29 is 14.3 Å². The SMILES string of the molecule is Cc1cc(CC(CC(=O)O)NC(C)C)ccc1F. The standard InChI is InChI=1S/C14H20FNO2/c1-9(2)16-12(8-14(17)18)7-11-4-5-13(15)10(3)6-11/h4-6,9,12,16H,7-8H2,1-3H3,(H,17,18).